The Morgan fingerprint density at radius 3 is 2.37 bits per heavy atom. The standard InChI is InChI=1S/C14H26N4O/c1-7-8-19-12-10(15)11(16-9(2)3)17-13(18-12)14(4,5)6/h9H,7-8,15H2,1-6H3,(H,16,17,18). The van der Waals surface area contributed by atoms with Crippen molar-refractivity contribution in [2.75, 3.05) is 17.7 Å². The van der Waals surface area contributed by atoms with Crippen molar-refractivity contribution in [1.29, 1.82) is 0 Å². The maximum Gasteiger partial charge on any atom is 0.242 e. The van der Waals surface area contributed by atoms with E-state index in [1.54, 1.807) is 0 Å². The second-order valence-corrected chi connectivity index (χ2v) is 6.01. The Bertz CT molecular complexity index is 424. The number of rotatable bonds is 5. The Hall–Kier alpha value is -1.52. The van der Waals surface area contributed by atoms with Crippen molar-refractivity contribution in [3.63, 3.8) is 0 Å². The van der Waals surface area contributed by atoms with Gasteiger partial charge in [-0.1, -0.05) is 27.7 Å². The number of hydrogen-bond donors (Lipinski definition) is 2. The molecule has 3 N–H and O–H groups in total. The molecule has 5 nitrogen and oxygen atoms in total. The second kappa shape index (κ2) is 6.08. The van der Waals surface area contributed by atoms with Crippen molar-refractivity contribution in [3.05, 3.63) is 5.82 Å². The predicted octanol–water partition coefficient (Wildman–Crippen LogP) is 2.97. The fraction of sp³-hybridized carbons (Fsp3) is 0.714. The van der Waals surface area contributed by atoms with Gasteiger partial charge in [-0.3, -0.25) is 0 Å². The van der Waals surface area contributed by atoms with Crippen molar-refractivity contribution in [1.82, 2.24) is 9.97 Å². The third-order valence-corrected chi connectivity index (χ3v) is 2.45. The fourth-order valence-electron chi connectivity index (χ4n) is 1.48. The Labute approximate surface area is 116 Å². The molecule has 108 valence electrons. The third kappa shape index (κ3) is 4.26. The van der Waals surface area contributed by atoms with Crippen LogP contribution >= 0.6 is 0 Å². The van der Waals surface area contributed by atoms with E-state index in [1.165, 1.54) is 0 Å². The average Bonchev–Trinajstić information content (AvgIpc) is 2.28. The van der Waals surface area contributed by atoms with E-state index in [0.29, 0.717) is 24.0 Å². The number of nitrogens with one attached hydrogen (secondary N) is 1. The van der Waals surface area contributed by atoms with E-state index in [0.717, 1.165) is 12.2 Å². The summed E-state index contributed by atoms with van der Waals surface area (Å²) < 4.78 is 5.63. The normalized spacial score (nSPS) is 11.7. The molecule has 1 aromatic heterocycles. The highest BCUT2D eigenvalue weighted by atomic mass is 16.5. The van der Waals surface area contributed by atoms with Crippen molar-refractivity contribution < 1.29 is 4.74 Å². The van der Waals surface area contributed by atoms with E-state index in [4.69, 9.17) is 10.5 Å². The van der Waals surface area contributed by atoms with Crippen molar-refractivity contribution in [2.24, 2.45) is 0 Å². The number of anilines is 2. The van der Waals surface area contributed by atoms with Crippen LogP contribution in [0.2, 0.25) is 0 Å². The minimum atomic E-state index is -0.147. The highest BCUT2D eigenvalue weighted by Gasteiger charge is 2.22. The molecule has 0 fully saturated rings. The van der Waals surface area contributed by atoms with Gasteiger partial charge in [0.25, 0.3) is 0 Å². The van der Waals surface area contributed by atoms with Crippen molar-refractivity contribution in [2.45, 2.75) is 59.4 Å². The highest BCUT2D eigenvalue weighted by Crippen LogP contribution is 2.30. The Kier molecular flexibility index (Phi) is 4.97. The van der Waals surface area contributed by atoms with Crippen LogP contribution in [0, 0.1) is 0 Å². The van der Waals surface area contributed by atoms with Crippen LogP contribution in [0.15, 0.2) is 0 Å². The summed E-state index contributed by atoms with van der Waals surface area (Å²) in [4.78, 5) is 8.98. The maximum absolute atomic E-state index is 6.07. The SMILES string of the molecule is CCCOc1nc(C(C)(C)C)nc(NC(C)C)c1N. The number of aromatic nitrogens is 2. The Morgan fingerprint density at radius 2 is 1.89 bits per heavy atom. The third-order valence-electron chi connectivity index (χ3n) is 2.45. The van der Waals surface area contributed by atoms with E-state index in [2.05, 4.69) is 43.0 Å². The summed E-state index contributed by atoms with van der Waals surface area (Å²) in [5.74, 6) is 1.86. The molecule has 1 heterocycles. The largest absolute Gasteiger partial charge is 0.476 e. The number of ether oxygens (including phenoxy) is 1. The Balaban J connectivity index is 3.21. The molecule has 1 rings (SSSR count). The molecule has 1 aromatic rings. The van der Waals surface area contributed by atoms with Crippen LogP contribution in [0.4, 0.5) is 11.5 Å². The predicted molar refractivity (Wildman–Crippen MR) is 79.7 cm³/mol. The van der Waals surface area contributed by atoms with Crippen LogP contribution in [-0.2, 0) is 5.41 Å². The molecular weight excluding hydrogens is 240 g/mol. The quantitative estimate of drug-likeness (QED) is 0.857. The fourth-order valence-corrected chi connectivity index (χ4v) is 1.48. The summed E-state index contributed by atoms with van der Waals surface area (Å²) in [7, 11) is 0. The zero-order chi connectivity index (χ0) is 14.6. The van der Waals surface area contributed by atoms with Gasteiger partial charge in [-0.05, 0) is 20.3 Å². The first-order valence-electron chi connectivity index (χ1n) is 6.83. The molecule has 0 aromatic carbocycles. The minimum absolute atomic E-state index is 0.147. The first-order valence-corrected chi connectivity index (χ1v) is 6.83. The summed E-state index contributed by atoms with van der Waals surface area (Å²) in [6.45, 7) is 13.0. The summed E-state index contributed by atoms with van der Waals surface area (Å²) in [5.41, 5.74) is 6.41. The topological polar surface area (TPSA) is 73.1 Å². The van der Waals surface area contributed by atoms with Gasteiger partial charge in [0, 0.05) is 11.5 Å². The molecule has 0 saturated carbocycles. The lowest BCUT2D eigenvalue weighted by Gasteiger charge is -2.21. The summed E-state index contributed by atoms with van der Waals surface area (Å²) >= 11 is 0. The van der Waals surface area contributed by atoms with E-state index >= 15 is 0 Å². The van der Waals surface area contributed by atoms with Gasteiger partial charge >= 0.3 is 0 Å². The summed E-state index contributed by atoms with van der Waals surface area (Å²) in [6.07, 6.45) is 0.918. The lowest BCUT2D eigenvalue weighted by molar-refractivity contribution is 0.303. The van der Waals surface area contributed by atoms with E-state index in [1.807, 2.05) is 13.8 Å². The molecule has 0 unspecified atom stereocenters. The molecule has 0 amide bonds. The van der Waals surface area contributed by atoms with Gasteiger partial charge < -0.3 is 15.8 Å². The lowest BCUT2D eigenvalue weighted by atomic mass is 9.96. The molecule has 5 heteroatoms. The molecule has 0 radical (unpaired) electrons. The average molecular weight is 266 g/mol. The van der Waals surface area contributed by atoms with Crippen LogP contribution in [0.3, 0.4) is 0 Å². The first-order chi connectivity index (χ1) is 8.75. The van der Waals surface area contributed by atoms with Gasteiger partial charge in [0.05, 0.1) is 6.61 Å². The smallest absolute Gasteiger partial charge is 0.242 e. The zero-order valence-corrected chi connectivity index (χ0v) is 12.9. The number of nitrogen functional groups attached to an aromatic ring is 1. The van der Waals surface area contributed by atoms with Gasteiger partial charge in [-0.25, -0.2) is 4.98 Å². The molecule has 0 spiro atoms. The van der Waals surface area contributed by atoms with Crippen LogP contribution in [0.1, 0.15) is 53.8 Å². The van der Waals surface area contributed by atoms with Gasteiger partial charge in [-0.15, -0.1) is 0 Å². The molecule has 0 aliphatic heterocycles. The van der Waals surface area contributed by atoms with Crippen LogP contribution in [0.5, 0.6) is 5.88 Å². The molecule has 0 aliphatic carbocycles. The molecular formula is C14H26N4O. The molecule has 0 bridgehead atoms. The van der Waals surface area contributed by atoms with E-state index in [-0.39, 0.29) is 11.5 Å². The van der Waals surface area contributed by atoms with E-state index in [9.17, 15) is 0 Å². The monoisotopic (exact) mass is 266 g/mol. The molecule has 19 heavy (non-hydrogen) atoms. The first kappa shape index (κ1) is 15.5. The Morgan fingerprint density at radius 1 is 1.26 bits per heavy atom. The van der Waals surface area contributed by atoms with Gasteiger partial charge in [0.1, 0.15) is 11.5 Å². The number of hydrogen-bond acceptors (Lipinski definition) is 5. The van der Waals surface area contributed by atoms with Crippen LogP contribution in [0.25, 0.3) is 0 Å². The molecule has 0 aliphatic rings. The summed E-state index contributed by atoms with van der Waals surface area (Å²) in [5, 5.41) is 3.25. The van der Waals surface area contributed by atoms with Crippen molar-refractivity contribution >= 4 is 11.5 Å². The zero-order valence-electron chi connectivity index (χ0n) is 12.9. The maximum atomic E-state index is 6.07. The van der Waals surface area contributed by atoms with Gasteiger partial charge in [0.2, 0.25) is 5.88 Å². The molecule has 0 atom stereocenters. The second-order valence-electron chi connectivity index (χ2n) is 6.01. The van der Waals surface area contributed by atoms with Crippen LogP contribution < -0.4 is 15.8 Å². The lowest BCUT2D eigenvalue weighted by Crippen LogP contribution is -2.21. The molecule has 0 saturated heterocycles. The minimum Gasteiger partial charge on any atom is -0.476 e. The summed E-state index contributed by atoms with van der Waals surface area (Å²) in [6, 6.07) is 0.254. The van der Waals surface area contributed by atoms with Gasteiger partial charge in [-0.2, -0.15) is 4.98 Å². The van der Waals surface area contributed by atoms with Crippen molar-refractivity contribution in [3.8, 4) is 5.88 Å². The van der Waals surface area contributed by atoms with Gasteiger partial charge in [0.15, 0.2) is 5.82 Å². The highest BCUT2D eigenvalue weighted by molar-refractivity contribution is 5.67. The van der Waals surface area contributed by atoms with E-state index < -0.39 is 0 Å². The van der Waals surface area contributed by atoms with Crippen LogP contribution in [-0.4, -0.2) is 22.6 Å². The number of nitrogens with two attached hydrogens (primary N) is 1. The number of nitrogens with zero attached hydrogens (tertiary/aromatic N) is 2.